The van der Waals surface area contributed by atoms with Crippen LogP contribution in [0.4, 0.5) is 0 Å². The lowest BCUT2D eigenvalue weighted by Gasteiger charge is -2.31. The van der Waals surface area contributed by atoms with E-state index in [1.165, 1.54) is 16.7 Å². The van der Waals surface area contributed by atoms with Crippen molar-refractivity contribution in [3.8, 4) is 0 Å². The molecule has 3 aromatic rings. The molecule has 19 heteroatoms. The number of nitrogens with two attached hydrogens (primary N) is 2. The Morgan fingerprint density at radius 1 is 0.883 bits per heavy atom. The first-order valence-corrected chi connectivity index (χ1v) is 21.3. The number of primary amides is 1. The third-order valence-electron chi connectivity index (χ3n) is 10.2. The predicted octanol–water partition coefficient (Wildman–Crippen LogP) is 2.11. The molecule has 0 aliphatic carbocycles. The van der Waals surface area contributed by atoms with Crippen molar-refractivity contribution in [1.82, 2.24) is 31.2 Å². The minimum atomic E-state index is -1.21. The van der Waals surface area contributed by atoms with Crippen LogP contribution in [0.5, 0.6) is 0 Å². The number of nitrogens with zero attached hydrogens (tertiary/aromatic N) is 4. The molecule has 1 saturated heterocycles. The number of H-pyrrole nitrogens is 1. The van der Waals surface area contributed by atoms with Crippen LogP contribution >= 0.6 is 11.8 Å². The number of hydrogen-bond donors (Lipinski definition) is 7. The van der Waals surface area contributed by atoms with Crippen molar-refractivity contribution in [3.05, 3.63) is 82.4 Å². The smallest absolute Gasteiger partial charge is 0.246 e. The van der Waals surface area contributed by atoms with E-state index in [9.17, 15) is 33.6 Å². The first kappa shape index (κ1) is 46.8. The highest BCUT2D eigenvalue weighted by Gasteiger charge is 2.40. The van der Waals surface area contributed by atoms with Gasteiger partial charge in [0.15, 0.2) is 0 Å². The highest BCUT2D eigenvalue weighted by atomic mass is 32.2. The van der Waals surface area contributed by atoms with Crippen LogP contribution in [0.25, 0.3) is 21.3 Å². The maximum atomic E-state index is 14.6. The molecular formula is C41H55N11O7S. The van der Waals surface area contributed by atoms with Crippen molar-refractivity contribution >= 4 is 64.0 Å². The first-order chi connectivity index (χ1) is 28.7. The maximum absolute atomic E-state index is 14.6. The van der Waals surface area contributed by atoms with Gasteiger partial charge in [-0.05, 0) is 77.9 Å². The normalized spacial score (nSPS) is 16.1. The molecular weight excluding hydrogens is 791 g/mol. The van der Waals surface area contributed by atoms with E-state index in [2.05, 4.69) is 36.3 Å². The van der Waals surface area contributed by atoms with E-state index < -0.39 is 77.6 Å². The van der Waals surface area contributed by atoms with E-state index in [1.54, 1.807) is 30.5 Å². The van der Waals surface area contributed by atoms with Crippen molar-refractivity contribution in [1.29, 1.82) is 0 Å². The summed E-state index contributed by atoms with van der Waals surface area (Å²) in [6, 6.07) is 9.78. The van der Waals surface area contributed by atoms with E-state index >= 15 is 0 Å². The second kappa shape index (κ2) is 23.0. The fraction of sp³-hybridized carbons (Fsp3) is 0.488. The van der Waals surface area contributed by atoms with E-state index in [1.807, 2.05) is 50.4 Å². The summed E-state index contributed by atoms with van der Waals surface area (Å²) in [5, 5.41) is 15.0. The molecule has 2 heterocycles. The Morgan fingerprint density at radius 3 is 2.23 bits per heavy atom. The molecule has 0 radical (unpaired) electrons. The Balaban J connectivity index is 1.59. The molecule has 0 saturated carbocycles. The number of carbonyl (C=O) groups excluding carboxylic acids is 7. The largest absolute Gasteiger partial charge is 0.370 e. The number of likely N-dealkylation sites (tertiary alicyclic amines) is 1. The van der Waals surface area contributed by atoms with E-state index in [0.29, 0.717) is 12.2 Å². The standard InChI is InChI=1S/C41H55N11O7S/c1-24(2)20-31(37(55)46-30(17-19-60-3)39(57)50-51-44)48-40(58)34-14-9-18-52(34)41(59)33(21-25-10-5-4-6-11-25)49-38(56)32(47-36(54)28(42)15-16-35(43)53)22-26-23-45-29-13-8-7-12-27(26)29/h4-8,10-13,23-24,28,30-34,45H,9,14-22,42H2,1-3H3,(H2,43,53)(H,46,55)(H,47,54)(H,48,58)(H,49,56)/t28-,30-,31-,32-,33-,34+/m0/s1. The summed E-state index contributed by atoms with van der Waals surface area (Å²) in [5.74, 6) is -4.14. The summed E-state index contributed by atoms with van der Waals surface area (Å²) in [7, 11) is 0. The number of benzene rings is 2. The highest BCUT2D eigenvalue weighted by Crippen LogP contribution is 2.22. The summed E-state index contributed by atoms with van der Waals surface area (Å²) < 4.78 is 0. The zero-order chi connectivity index (χ0) is 43.8. The van der Waals surface area contributed by atoms with Crippen LogP contribution < -0.4 is 32.7 Å². The molecule has 322 valence electrons. The summed E-state index contributed by atoms with van der Waals surface area (Å²) in [6.07, 6.45) is 4.65. The third kappa shape index (κ3) is 13.6. The number of thioether (sulfide) groups is 1. The van der Waals surface area contributed by atoms with Gasteiger partial charge in [-0.3, -0.25) is 33.6 Å². The van der Waals surface area contributed by atoms with E-state index in [4.69, 9.17) is 17.0 Å². The molecule has 1 aromatic heterocycles. The molecule has 6 atom stereocenters. The van der Waals surface area contributed by atoms with Crippen molar-refractivity contribution in [2.24, 2.45) is 22.5 Å². The van der Waals surface area contributed by atoms with Gasteiger partial charge in [0.25, 0.3) is 0 Å². The average molecular weight is 846 g/mol. The van der Waals surface area contributed by atoms with Gasteiger partial charge in [0, 0.05) is 47.8 Å². The van der Waals surface area contributed by atoms with Crippen molar-refractivity contribution in [2.45, 2.75) is 101 Å². The Kier molecular flexibility index (Phi) is 18.0. The minimum Gasteiger partial charge on any atom is -0.370 e. The number of para-hydroxylation sites is 1. The van der Waals surface area contributed by atoms with Crippen molar-refractivity contribution in [3.63, 3.8) is 0 Å². The van der Waals surface area contributed by atoms with Gasteiger partial charge in [-0.15, -0.1) is 0 Å². The quantitative estimate of drug-likeness (QED) is 0.0442. The Bertz CT molecular complexity index is 2040. The van der Waals surface area contributed by atoms with Crippen LogP contribution in [0.2, 0.25) is 0 Å². The number of aromatic nitrogens is 1. The number of nitrogens with one attached hydrogen (secondary N) is 5. The number of carbonyl (C=O) groups is 7. The van der Waals surface area contributed by atoms with Gasteiger partial charge in [0.1, 0.15) is 24.2 Å². The average Bonchev–Trinajstić information content (AvgIpc) is 3.88. The molecule has 1 fully saturated rings. The lowest BCUT2D eigenvalue weighted by atomic mass is 10.0. The lowest BCUT2D eigenvalue weighted by Crippen LogP contribution is -2.59. The van der Waals surface area contributed by atoms with Crippen LogP contribution in [-0.4, -0.2) is 106 Å². The number of azide groups is 1. The molecule has 4 rings (SSSR count). The fourth-order valence-corrected chi connectivity index (χ4v) is 7.58. The number of rotatable bonds is 22. The molecule has 0 unspecified atom stereocenters. The summed E-state index contributed by atoms with van der Waals surface area (Å²) in [6.45, 7) is 3.93. The zero-order valence-corrected chi connectivity index (χ0v) is 34.9. The number of amides is 7. The SMILES string of the molecule is CSCC[C@H](NC(=O)[C@H](CC(C)C)NC(=O)[C@H]1CCCN1C(=O)[C@H](Cc1ccccc1)NC(=O)[C@H](Cc1c[nH]c2ccccc12)NC(=O)[C@@H](N)CCC(N)=O)C(=O)N=[N+]=[N-]. The molecule has 9 N–H and O–H groups in total. The van der Waals surface area contributed by atoms with Crippen molar-refractivity contribution in [2.75, 3.05) is 18.6 Å². The summed E-state index contributed by atoms with van der Waals surface area (Å²) in [5.41, 5.74) is 22.4. The molecule has 1 aliphatic rings. The van der Waals surface area contributed by atoms with E-state index in [-0.39, 0.29) is 57.4 Å². The highest BCUT2D eigenvalue weighted by molar-refractivity contribution is 7.98. The Hall–Kier alpha value is -5.91. The van der Waals surface area contributed by atoms with Crippen LogP contribution in [0, 0.1) is 5.92 Å². The minimum absolute atomic E-state index is 0.0248. The topological polar surface area (TPSA) is 287 Å². The van der Waals surface area contributed by atoms with Crippen LogP contribution in [0.1, 0.15) is 63.5 Å². The molecule has 0 bridgehead atoms. The van der Waals surface area contributed by atoms with Gasteiger partial charge in [-0.2, -0.15) is 11.8 Å². The van der Waals surface area contributed by atoms with Gasteiger partial charge in [0.2, 0.25) is 41.4 Å². The molecule has 2 aromatic carbocycles. The summed E-state index contributed by atoms with van der Waals surface area (Å²) >= 11 is 1.45. The van der Waals surface area contributed by atoms with Gasteiger partial charge >= 0.3 is 0 Å². The van der Waals surface area contributed by atoms with Crippen LogP contribution in [0.15, 0.2) is 65.9 Å². The Morgan fingerprint density at radius 2 is 1.55 bits per heavy atom. The zero-order valence-electron chi connectivity index (χ0n) is 34.1. The van der Waals surface area contributed by atoms with Crippen LogP contribution in [0.3, 0.4) is 0 Å². The molecule has 18 nitrogen and oxygen atoms in total. The second-order valence-corrected chi connectivity index (χ2v) is 16.2. The van der Waals surface area contributed by atoms with Crippen molar-refractivity contribution < 1.29 is 33.6 Å². The Labute approximate surface area is 352 Å². The van der Waals surface area contributed by atoms with E-state index in [0.717, 1.165) is 22.0 Å². The number of fused-ring (bicyclic) bond motifs is 1. The molecule has 60 heavy (non-hydrogen) atoms. The number of hydrogen-bond acceptors (Lipinski definition) is 9. The van der Waals surface area contributed by atoms with Gasteiger partial charge < -0.3 is 42.6 Å². The second-order valence-electron chi connectivity index (χ2n) is 15.2. The van der Waals surface area contributed by atoms with Gasteiger partial charge in [-0.1, -0.05) is 62.4 Å². The monoisotopic (exact) mass is 845 g/mol. The van der Waals surface area contributed by atoms with Crippen LogP contribution in [-0.2, 0) is 46.4 Å². The molecule has 7 amide bonds. The van der Waals surface area contributed by atoms with Gasteiger partial charge in [-0.25, -0.2) is 0 Å². The molecule has 1 aliphatic heterocycles. The predicted molar refractivity (Wildman–Crippen MR) is 228 cm³/mol. The third-order valence-corrected chi connectivity index (χ3v) is 10.9. The fourth-order valence-electron chi connectivity index (χ4n) is 7.11. The lowest BCUT2D eigenvalue weighted by molar-refractivity contribution is -0.142. The van der Waals surface area contributed by atoms with Gasteiger partial charge in [0.05, 0.1) is 12.1 Å². The maximum Gasteiger partial charge on any atom is 0.246 e. The molecule has 0 spiro atoms. The number of aromatic amines is 1. The first-order valence-electron chi connectivity index (χ1n) is 19.9. The summed E-state index contributed by atoms with van der Waals surface area (Å²) in [4.78, 5) is 101.